The summed E-state index contributed by atoms with van der Waals surface area (Å²) < 4.78 is 0. The Bertz CT molecular complexity index is 264. The molecule has 0 aliphatic carbocycles. The van der Waals surface area contributed by atoms with E-state index in [0.717, 1.165) is 38.9 Å². The van der Waals surface area contributed by atoms with E-state index in [2.05, 4.69) is 37.7 Å². The normalized spacial score (nSPS) is 25.1. The maximum absolute atomic E-state index is 11.4. The van der Waals surface area contributed by atoms with E-state index in [9.17, 15) is 9.90 Å². The largest absolute Gasteiger partial charge is 0.480 e. The summed E-state index contributed by atoms with van der Waals surface area (Å²) in [6.45, 7) is 6.98. The van der Waals surface area contributed by atoms with Crippen molar-refractivity contribution in [2.75, 3.05) is 33.7 Å². The predicted octanol–water partition coefficient (Wildman–Crippen LogP) is 1.51. The molecule has 4 nitrogen and oxygen atoms in total. The van der Waals surface area contributed by atoms with Gasteiger partial charge < -0.3 is 10.0 Å². The number of hydrogen-bond acceptors (Lipinski definition) is 3. The van der Waals surface area contributed by atoms with E-state index in [0.29, 0.717) is 0 Å². The van der Waals surface area contributed by atoms with Gasteiger partial charge >= 0.3 is 5.97 Å². The quantitative estimate of drug-likeness (QED) is 0.794. The number of nitrogens with zero attached hydrogens (tertiary/aromatic N) is 2. The topological polar surface area (TPSA) is 43.8 Å². The van der Waals surface area contributed by atoms with E-state index < -0.39 is 5.97 Å². The Labute approximate surface area is 105 Å². The van der Waals surface area contributed by atoms with E-state index in [4.69, 9.17) is 0 Å². The summed E-state index contributed by atoms with van der Waals surface area (Å²) in [7, 11) is 4.10. The molecule has 0 aromatic heterocycles. The first kappa shape index (κ1) is 14.5. The Morgan fingerprint density at radius 2 is 2.12 bits per heavy atom. The Morgan fingerprint density at radius 3 is 2.65 bits per heavy atom. The van der Waals surface area contributed by atoms with Crippen LogP contribution in [0.5, 0.6) is 0 Å². The molecule has 1 rings (SSSR count). The third-order valence-electron chi connectivity index (χ3n) is 3.66. The fourth-order valence-electron chi connectivity index (χ4n) is 2.82. The lowest BCUT2D eigenvalue weighted by Gasteiger charge is -2.44. The van der Waals surface area contributed by atoms with Gasteiger partial charge in [-0.2, -0.15) is 0 Å². The van der Waals surface area contributed by atoms with Crippen LogP contribution in [-0.4, -0.2) is 60.6 Å². The molecule has 0 aromatic rings. The van der Waals surface area contributed by atoms with Crippen LogP contribution in [0.25, 0.3) is 0 Å². The molecule has 1 heterocycles. The summed E-state index contributed by atoms with van der Waals surface area (Å²) >= 11 is 0. The fourth-order valence-corrected chi connectivity index (χ4v) is 2.82. The van der Waals surface area contributed by atoms with Crippen molar-refractivity contribution >= 4 is 5.97 Å². The molecule has 0 aromatic carbocycles. The zero-order valence-electron chi connectivity index (χ0n) is 11.6. The van der Waals surface area contributed by atoms with Crippen molar-refractivity contribution in [2.45, 2.75) is 39.2 Å². The molecule has 0 spiro atoms. The van der Waals surface area contributed by atoms with Gasteiger partial charge in [-0.05, 0) is 51.9 Å². The number of rotatable bonds is 5. The van der Waals surface area contributed by atoms with E-state index in [1.807, 2.05) is 0 Å². The minimum atomic E-state index is -0.667. The van der Waals surface area contributed by atoms with Crippen LogP contribution in [0, 0.1) is 5.41 Å². The summed E-state index contributed by atoms with van der Waals surface area (Å²) in [5.74, 6) is -0.667. The lowest BCUT2D eigenvalue weighted by atomic mass is 9.76. The molecule has 1 aliphatic heterocycles. The number of carboxylic acid groups (broad SMARTS) is 1. The standard InChI is InChI=1S/C13H26N2O2/c1-13(2)7-5-9-15(11(13)12(16)17)10-6-8-14(3)4/h11H,5-10H2,1-4H3,(H,16,17). The third kappa shape index (κ3) is 3.96. The van der Waals surface area contributed by atoms with Crippen molar-refractivity contribution in [3.05, 3.63) is 0 Å². The lowest BCUT2D eigenvalue weighted by Crippen LogP contribution is -2.54. The molecule has 4 heteroatoms. The van der Waals surface area contributed by atoms with Crippen LogP contribution in [0.15, 0.2) is 0 Å². The van der Waals surface area contributed by atoms with Crippen molar-refractivity contribution in [1.29, 1.82) is 0 Å². The maximum atomic E-state index is 11.4. The second-order valence-electron chi connectivity index (χ2n) is 6.03. The maximum Gasteiger partial charge on any atom is 0.321 e. The third-order valence-corrected chi connectivity index (χ3v) is 3.66. The Morgan fingerprint density at radius 1 is 1.47 bits per heavy atom. The highest BCUT2D eigenvalue weighted by molar-refractivity contribution is 5.74. The summed E-state index contributed by atoms with van der Waals surface area (Å²) in [5, 5.41) is 9.40. The highest BCUT2D eigenvalue weighted by Crippen LogP contribution is 2.35. The number of likely N-dealkylation sites (tertiary alicyclic amines) is 1. The SMILES string of the molecule is CN(C)CCCN1CCCC(C)(C)C1C(=O)O. The molecule has 1 aliphatic rings. The minimum Gasteiger partial charge on any atom is -0.480 e. The van der Waals surface area contributed by atoms with Gasteiger partial charge in [0.05, 0.1) is 0 Å². The molecule has 1 saturated heterocycles. The molecule has 0 bridgehead atoms. The van der Waals surface area contributed by atoms with Crippen LogP contribution in [0.2, 0.25) is 0 Å². The molecule has 0 saturated carbocycles. The monoisotopic (exact) mass is 242 g/mol. The van der Waals surface area contributed by atoms with Crippen molar-refractivity contribution < 1.29 is 9.90 Å². The van der Waals surface area contributed by atoms with Crippen molar-refractivity contribution in [3.8, 4) is 0 Å². The van der Waals surface area contributed by atoms with Gasteiger partial charge in [0.15, 0.2) is 0 Å². The van der Waals surface area contributed by atoms with Gasteiger partial charge in [-0.15, -0.1) is 0 Å². The van der Waals surface area contributed by atoms with Crippen LogP contribution in [0.3, 0.4) is 0 Å². The Hall–Kier alpha value is -0.610. The van der Waals surface area contributed by atoms with Crippen LogP contribution in [-0.2, 0) is 4.79 Å². The zero-order valence-corrected chi connectivity index (χ0v) is 11.6. The van der Waals surface area contributed by atoms with Gasteiger partial charge in [-0.3, -0.25) is 9.69 Å². The molecule has 100 valence electrons. The molecule has 1 N–H and O–H groups in total. The van der Waals surface area contributed by atoms with Crippen LogP contribution >= 0.6 is 0 Å². The molecule has 1 atom stereocenters. The summed E-state index contributed by atoms with van der Waals surface area (Å²) in [6, 6.07) is -0.321. The molecule has 0 radical (unpaired) electrons. The van der Waals surface area contributed by atoms with Gasteiger partial charge in [0.1, 0.15) is 6.04 Å². The second-order valence-corrected chi connectivity index (χ2v) is 6.03. The van der Waals surface area contributed by atoms with Gasteiger partial charge in [0.2, 0.25) is 0 Å². The predicted molar refractivity (Wildman–Crippen MR) is 69.2 cm³/mol. The Kier molecular flexibility index (Phi) is 4.95. The van der Waals surface area contributed by atoms with E-state index in [1.165, 1.54) is 0 Å². The van der Waals surface area contributed by atoms with Gasteiger partial charge in [0, 0.05) is 6.54 Å². The average molecular weight is 242 g/mol. The summed E-state index contributed by atoms with van der Waals surface area (Å²) in [6.07, 6.45) is 3.15. The van der Waals surface area contributed by atoms with Gasteiger partial charge in [-0.25, -0.2) is 0 Å². The average Bonchev–Trinajstić information content (AvgIpc) is 2.14. The van der Waals surface area contributed by atoms with E-state index in [-0.39, 0.29) is 11.5 Å². The number of aliphatic carboxylic acids is 1. The number of hydrogen-bond donors (Lipinski definition) is 1. The minimum absolute atomic E-state index is 0.109. The molecule has 17 heavy (non-hydrogen) atoms. The first-order valence-electron chi connectivity index (χ1n) is 6.46. The molecular formula is C13H26N2O2. The summed E-state index contributed by atoms with van der Waals surface area (Å²) in [5.41, 5.74) is -0.109. The van der Waals surface area contributed by atoms with E-state index in [1.54, 1.807) is 0 Å². The first-order chi connectivity index (χ1) is 7.84. The fraction of sp³-hybridized carbons (Fsp3) is 0.923. The molecule has 1 fully saturated rings. The highest BCUT2D eigenvalue weighted by Gasteiger charge is 2.41. The Balaban J connectivity index is 2.59. The first-order valence-corrected chi connectivity index (χ1v) is 6.46. The second kappa shape index (κ2) is 5.83. The van der Waals surface area contributed by atoms with Crippen LogP contribution in [0.1, 0.15) is 33.1 Å². The lowest BCUT2D eigenvalue weighted by molar-refractivity contribution is -0.150. The van der Waals surface area contributed by atoms with Gasteiger partial charge in [0.25, 0.3) is 0 Å². The van der Waals surface area contributed by atoms with Crippen molar-refractivity contribution in [1.82, 2.24) is 9.80 Å². The molecule has 1 unspecified atom stereocenters. The number of carboxylic acids is 1. The molecule has 0 amide bonds. The van der Waals surface area contributed by atoms with Crippen molar-refractivity contribution in [3.63, 3.8) is 0 Å². The summed E-state index contributed by atoms with van der Waals surface area (Å²) in [4.78, 5) is 15.7. The zero-order chi connectivity index (χ0) is 13.1. The van der Waals surface area contributed by atoms with E-state index >= 15 is 0 Å². The smallest absolute Gasteiger partial charge is 0.321 e. The van der Waals surface area contributed by atoms with Gasteiger partial charge in [-0.1, -0.05) is 13.8 Å². The highest BCUT2D eigenvalue weighted by atomic mass is 16.4. The number of piperidine rings is 1. The molecular weight excluding hydrogens is 216 g/mol. The van der Waals surface area contributed by atoms with Crippen LogP contribution in [0.4, 0.5) is 0 Å². The van der Waals surface area contributed by atoms with Crippen molar-refractivity contribution in [2.24, 2.45) is 5.41 Å². The number of carbonyl (C=O) groups is 1. The van der Waals surface area contributed by atoms with Crippen LogP contribution < -0.4 is 0 Å².